The molecule has 33 heavy (non-hydrogen) atoms. The van der Waals surface area contributed by atoms with Gasteiger partial charge in [-0.2, -0.15) is 0 Å². The highest BCUT2D eigenvalue weighted by molar-refractivity contribution is 6.62. The first-order chi connectivity index (χ1) is 15.7. The molecule has 1 heterocycles. The molecular formula is C27H30BNO4. The van der Waals surface area contributed by atoms with Crippen LogP contribution in [0.4, 0.5) is 0 Å². The van der Waals surface area contributed by atoms with E-state index in [1.165, 1.54) is 0 Å². The van der Waals surface area contributed by atoms with Crippen LogP contribution < -0.4 is 5.46 Å². The summed E-state index contributed by atoms with van der Waals surface area (Å²) in [4.78, 5) is 18.5. The minimum Gasteiger partial charge on any atom is -0.399 e. The van der Waals surface area contributed by atoms with Gasteiger partial charge in [-0.1, -0.05) is 72.8 Å². The molecule has 4 rings (SSSR count). The summed E-state index contributed by atoms with van der Waals surface area (Å²) in [6.45, 7) is 9.12. The van der Waals surface area contributed by atoms with Gasteiger partial charge < -0.3 is 14.1 Å². The van der Waals surface area contributed by atoms with Crippen molar-refractivity contribution in [3.8, 4) is 0 Å². The number of carbonyl (C=O) groups is 1. The zero-order valence-corrected chi connectivity index (χ0v) is 19.7. The molecule has 0 radical (unpaired) electrons. The topological polar surface area (TPSA) is 48.0 Å². The zero-order chi connectivity index (χ0) is 23.5. The van der Waals surface area contributed by atoms with Gasteiger partial charge >= 0.3 is 13.1 Å². The summed E-state index contributed by atoms with van der Waals surface area (Å²) < 4.78 is 12.3. The van der Waals surface area contributed by atoms with Gasteiger partial charge in [0.05, 0.1) is 29.9 Å². The molecule has 0 unspecified atom stereocenters. The fourth-order valence-electron chi connectivity index (χ4n) is 3.61. The van der Waals surface area contributed by atoms with Crippen LogP contribution in [-0.4, -0.2) is 29.4 Å². The highest BCUT2D eigenvalue weighted by atomic mass is 16.7. The van der Waals surface area contributed by atoms with Gasteiger partial charge in [0, 0.05) is 0 Å². The highest BCUT2D eigenvalue weighted by Gasteiger charge is 2.51. The minimum absolute atomic E-state index is 0.375. The molecule has 0 spiro atoms. The van der Waals surface area contributed by atoms with Crippen LogP contribution in [0.1, 0.15) is 49.2 Å². The lowest BCUT2D eigenvalue weighted by Gasteiger charge is -2.32. The first-order valence-electron chi connectivity index (χ1n) is 11.2. The largest absolute Gasteiger partial charge is 0.494 e. The monoisotopic (exact) mass is 443 g/mol. The van der Waals surface area contributed by atoms with Crippen molar-refractivity contribution in [1.29, 1.82) is 0 Å². The maximum absolute atomic E-state index is 12.7. The third kappa shape index (κ3) is 5.53. The first-order valence-corrected chi connectivity index (χ1v) is 11.2. The van der Waals surface area contributed by atoms with Crippen LogP contribution in [0.5, 0.6) is 0 Å². The van der Waals surface area contributed by atoms with Crippen molar-refractivity contribution in [3.63, 3.8) is 0 Å². The van der Waals surface area contributed by atoms with E-state index in [1.807, 2.05) is 100 Å². The van der Waals surface area contributed by atoms with E-state index in [0.717, 1.165) is 16.6 Å². The molecule has 170 valence electrons. The van der Waals surface area contributed by atoms with E-state index >= 15 is 0 Å². The molecule has 0 amide bonds. The Balaban J connectivity index is 1.48. The molecule has 0 bridgehead atoms. The predicted octanol–water partition coefficient (Wildman–Crippen LogP) is 4.76. The van der Waals surface area contributed by atoms with Gasteiger partial charge in [-0.05, 0) is 56.4 Å². The van der Waals surface area contributed by atoms with Crippen molar-refractivity contribution in [2.75, 3.05) is 0 Å². The number of hydrogen-bond acceptors (Lipinski definition) is 5. The van der Waals surface area contributed by atoms with Crippen molar-refractivity contribution in [2.24, 2.45) is 0 Å². The van der Waals surface area contributed by atoms with Crippen molar-refractivity contribution < 1.29 is 18.9 Å². The van der Waals surface area contributed by atoms with Crippen LogP contribution >= 0.6 is 0 Å². The van der Waals surface area contributed by atoms with Gasteiger partial charge in [0.1, 0.15) is 0 Å². The van der Waals surface area contributed by atoms with Gasteiger partial charge in [0.15, 0.2) is 0 Å². The Morgan fingerprint density at radius 2 is 1.24 bits per heavy atom. The fourth-order valence-corrected chi connectivity index (χ4v) is 3.61. The van der Waals surface area contributed by atoms with E-state index < -0.39 is 7.12 Å². The smallest absolute Gasteiger partial charge is 0.399 e. The zero-order valence-electron chi connectivity index (χ0n) is 19.7. The van der Waals surface area contributed by atoms with Gasteiger partial charge in [-0.15, -0.1) is 5.06 Å². The van der Waals surface area contributed by atoms with E-state index in [-0.39, 0.29) is 17.2 Å². The summed E-state index contributed by atoms with van der Waals surface area (Å²) in [5, 5.41) is 1.69. The maximum atomic E-state index is 12.7. The summed E-state index contributed by atoms with van der Waals surface area (Å²) >= 11 is 0. The highest BCUT2D eigenvalue weighted by Crippen LogP contribution is 2.36. The first kappa shape index (κ1) is 23.2. The molecule has 0 aliphatic carbocycles. The Bertz CT molecular complexity index is 1050. The molecule has 0 N–H and O–H groups in total. The average molecular weight is 443 g/mol. The number of benzene rings is 3. The Kier molecular flexibility index (Phi) is 6.70. The van der Waals surface area contributed by atoms with Crippen molar-refractivity contribution >= 4 is 18.6 Å². The molecule has 0 saturated carbocycles. The van der Waals surface area contributed by atoms with Gasteiger partial charge in [0.25, 0.3) is 0 Å². The predicted molar refractivity (Wildman–Crippen MR) is 130 cm³/mol. The number of carbonyl (C=O) groups excluding carboxylic acids is 1. The fraction of sp³-hybridized carbons (Fsp3) is 0.296. The van der Waals surface area contributed by atoms with Crippen molar-refractivity contribution in [1.82, 2.24) is 5.06 Å². The molecule has 1 saturated heterocycles. The van der Waals surface area contributed by atoms with Crippen LogP contribution in [0.25, 0.3) is 0 Å². The molecule has 3 aromatic rings. The van der Waals surface area contributed by atoms with Crippen molar-refractivity contribution in [3.05, 3.63) is 102 Å². The van der Waals surface area contributed by atoms with E-state index in [2.05, 4.69) is 0 Å². The average Bonchev–Trinajstić information content (AvgIpc) is 3.02. The Labute approximate surface area is 196 Å². The van der Waals surface area contributed by atoms with E-state index in [4.69, 9.17) is 14.1 Å². The second-order valence-corrected chi connectivity index (χ2v) is 9.36. The Hall–Kier alpha value is -2.93. The standard InChI is InChI=1S/C27H30BNO4/c1-26(2)27(3,4)33-28(32-26)24-17-15-22(16-18-24)20-29(19-21-11-7-5-8-12-21)31-25(30)23-13-9-6-10-14-23/h5-18H,19-20H2,1-4H3. The number of hydroxylamine groups is 2. The third-order valence-corrected chi connectivity index (χ3v) is 6.29. The minimum atomic E-state index is -0.402. The summed E-state index contributed by atoms with van der Waals surface area (Å²) in [5.41, 5.74) is 2.81. The molecule has 1 aliphatic rings. The van der Waals surface area contributed by atoms with E-state index in [1.54, 1.807) is 17.2 Å². The molecule has 1 aliphatic heterocycles. The normalized spacial score (nSPS) is 16.7. The van der Waals surface area contributed by atoms with E-state index in [9.17, 15) is 4.79 Å². The molecule has 3 aromatic carbocycles. The van der Waals surface area contributed by atoms with Crippen LogP contribution in [0, 0.1) is 0 Å². The number of rotatable bonds is 7. The van der Waals surface area contributed by atoms with Crippen LogP contribution in [0.15, 0.2) is 84.9 Å². The SMILES string of the molecule is CC1(C)OB(c2ccc(CN(Cc3ccccc3)OC(=O)c3ccccc3)cc2)OC1(C)C. The molecule has 6 heteroatoms. The summed E-state index contributed by atoms with van der Waals surface area (Å²) in [6.07, 6.45) is 0. The summed E-state index contributed by atoms with van der Waals surface area (Å²) in [5.74, 6) is -0.375. The molecular weight excluding hydrogens is 413 g/mol. The quantitative estimate of drug-likeness (QED) is 0.389. The molecule has 0 atom stereocenters. The lowest BCUT2D eigenvalue weighted by molar-refractivity contribution is -0.123. The molecule has 0 aromatic heterocycles. The van der Waals surface area contributed by atoms with E-state index in [0.29, 0.717) is 18.7 Å². The maximum Gasteiger partial charge on any atom is 0.494 e. The second kappa shape index (κ2) is 9.52. The van der Waals surface area contributed by atoms with Crippen LogP contribution in [0.3, 0.4) is 0 Å². The van der Waals surface area contributed by atoms with Gasteiger partial charge in [0.2, 0.25) is 0 Å². The van der Waals surface area contributed by atoms with Crippen LogP contribution in [0.2, 0.25) is 0 Å². The lowest BCUT2D eigenvalue weighted by Crippen LogP contribution is -2.41. The van der Waals surface area contributed by atoms with Gasteiger partial charge in [-0.3, -0.25) is 0 Å². The summed E-state index contributed by atoms with van der Waals surface area (Å²) in [6, 6.07) is 27.1. The number of nitrogens with zero attached hydrogens (tertiary/aromatic N) is 1. The third-order valence-electron chi connectivity index (χ3n) is 6.29. The Morgan fingerprint density at radius 1 is 0.758 bits per heavy atom. The van der Waals surface area contributed by atoms with Gasteiger partial charge in [-0.25, -0.2) is 4.79 Å². The molecule has 5 nitrogen and oxygen atoms in total. The van der Waals surface area contributed by atoms with Crippen LogP contribution in [-0.2, 0) is 27.2 Å². The summed E-state index contributed by atoms with van der Waals surface area (Å²) in [7, 11) is -0.402. The van der Waals surface area contributed by atoms with Crippen molar-refractivity contribution in [2.45, 2.75) is 52.0 Å². The Morgan fingerprint density at radius 3 is 1.79 bits per heavy atom. The lowest BCUT2D eigenvalue weighted by atomic mass is 9.79. The second-order valence-electron chi connectivity index (χ2n) is 9.36. The molecule has 1 fully saturated rings. The number of hydrogen-bond donors (Lipinski definition) is 0.